The van der Waals surface area contributed by atoms with Gasteiger partial charge in [0, 0.05) is 25.2 Å². The van der Waals surface area contributed by atoms with Crippen molar-refractivity contribution >= 4 is 11.6 Å². The number of piperidine rings is 1. The Morgan fingerprint density at radius 2 is 1.91 bits per heavy atom. The van der Waals surface area contributed by atoms with Gasteiger partial charge in [-0.3, -0.25) is 4.79 Å². The molecule has 0 aliphatic carbocycles. The maximum atomic E-state index is 11.9. The molecule has 0 atom stereocenters. The standard InChI is InChI=1S/C18H22N2O2/c1-14-5-10-17(22-14)13-19-12-15-6-8-16(9-7-15)20-11-3-2-4-18(20)21/h5-10,19H,2-4,11-13H2,1H3. The smallest absolute Gasteiger partial charge is 0.226 e. The highest BCUT2D eigenvalue weighted by molar-refractivity contribution is 5.93. The summed E-state index contributed by atoms with van der Waals surface area (Å²) in [6.07, 6.45) is 2.78. The number of rotatable bonds is 5. The molecular weight excluding hydrogens is 276 g/mol. The molecule has 1 saturated heterocycles. The minimum absolute atomic E-state index is 0.241. The van der Waals surface area contributed by atoms with Gasteiger partial charge in [-0.1, -0.05) is 12.1 Å². The van der Waals surface area contributed by atoms with Crippen LogP contribution in [0.3, 0.4) is 0 Å². The Balaban J connectivity index is 1.54. The predicted octanol–water partition coefficient (Wildman–Crippen LogP) is 3.39. The van der Waals surface area contributed by atoms with Crippen molar-refractivity contribution in [3.05, 3.63) is 53.5 Å². The first-order chi connectivity index (χ1) is 10.7. The van der Waals surface area contributed by atoms with Gasteiger partial charge in [0.25, 0.3) is 0 Å². The zero-order valence-corrected chi connectivity index (χ0v) is 13.0. The number of benzene rings is 1. The second-order valence-electron chi connectivity index (χ2n) is 5.78. The number of anilines is 1. The zero-order valence-electron chi connectivity index (χ0n) is 13.0. The first-order valence-electron chi connectivity index (χ1n) is 7.88. The number of aryl methyl sites for hydroxylation is 1. The molecule has 3 rings (SSSR count). The number of nitrogens with zero attached hydrogens (tertiary/aromatic N) is 1. The Morgan fingerprint density at radius 3 is 2.59 bits per heavy atom. The van der Waals surface area contributed by atoms with Gasteiger partial charge in [0.05, 0.1) is 6.54 Å². The highest BCUT2D eigenvalue weighted by atomic mass is 16.3. The number of carbonyl (C=O) groups excluding carboxylic acids is 1. The summed E-state index contributed by atoms with van der Waals surface area (Å²) in [5.74, 6) is 2.13. The van der Waals surface area contributed by atoms with Crippen LogP contribution in [0.2, 0.25) is 0 Å². The highest BCUT2D eigenvalue weighted by Gasteiger charge is 2.19. The lowest BCUT2D eigenvalue weighted by Crippen LogP contribution is -2.35. The summed E-state index contributed by atoms with van der Waals surface area (Å²) in [5, 5.41) is 3.36. The third kappa shape index (κ3) is 3.57. The molecule has 1 aliphatic rings. The Bertz CT molecular complexity index is 631. The van der Waals surface area contributed by atoms with Gasteiger partial charge in [0.2, 0.25) is 5.91 Å². The first-order valence-corrected chi connectivity index (χ1v) is 7.88. The fraction of sp³-hybridized carbons (Fsp3) is 0.389. The maximum Gasteiger partial charge on any atom is 0.226 e. The Hall–Kier alpha value is -2.07. The molecule has 116 valence electrons. The van der Waals surface area contributed by atoms with E-state index in [1.807, 2.05) is 36.1 Å². The summed E-state index contributed by atoms with van der Waals surface area (Å²) in [5.41, 5.74) is 2.21. The quantitative estimate of drug-likeness (QED) is 0.920. The van der Waals surface area contributed by atoms with Crippen LogP contribution in [0.4, 0.5) is 5.69 Å². The van der Waals surface area contributed by atoms with Crippen molar-refractivity contribution in [2.45, 2.75) is 39.3 Å². The number of amides is 1. The van der Waals surface area contributed by atoms with Gasteiger partial charge in [-0.15, -0.1) is 0 Å². The molecule has 1 N–H and O–H groups in total. The number of nitrogens with one attached hydrogen (secondary N) is 1. The summed E-state index contributed by atoms with van der Waals surface area (Å²) in [7, 11) is 0. The van der Waals surface area contributed by atoms with Crippen molar-refractivity contribution in [2.75, 3.05) is 11.4 Å². The summed E-state index contributed by atoms with van der Waals surface area (Å²) in [4.78, 5) is 13.8. The lowest BCUT2D eigenvalue weighted by molar-refractivity contribution is -0.119. The molecule has 0 unspecified atom stereocenters. The van der Waals surface area contributed by atoms with Gasteiger partial charge in [0.1, 0.15) is 11.5 Å². The largest absolute Gasteiger partial charge is 0.465 e. The van der Waals surface area contributed by atoms with E-state index < -0.39 is 0 Å². The molecule has 22 heavy (non-hydrogen) atoms. The molecule has 1 amide bonds. The van der Waals surface area contributed by atoms with Crippen LogP contribution in [-0.2, 0) is 17.9 Å². The van der Waals surface area contributed by atoms with E-state index >= 15 is 0 Å². The molecule has 1 fully saturated rings. The summed E-state index contributed by atoms with van der Waals surface area (Å²) >= 11 is 0. The third-order valence-electron chi connectivity index (χ3n) is 4.00. The molecule has 0 radical (unpaired) electrons. The van der Waals surface area contributed by atoms with E-state index in [1.54, 1.807) is 0 Å². The molecule has 2 aromatic rings. The van der Waals surface area contributed by atoms with Crippen LogP contribution in [0.25, 0.3) is 0 Å². The summed E-state index contributed by atoms with van der Waals surface area (Å²) in [6.45, 7) is 4.30. The summed E-state index contributed by atoms with van der Waals surface area (Å²) in [6, 6.07) is 12.2. The van der Waals surface area contributed by atoms with Crippen LogP contribution in [0.15, 0.2) is 40.8 Å². The Morgan fingerprint density at radius 1 is 1.09 bits per heavy atom. The summed E-state index contributed by atoms with van der Waals surface area (Å²) < 4.78 is 5.53. The van der Waals surface area contributed by atoms with E-state index in [4.69, 9.17) is 4.42 Å². The van der Waals surface area contributed by atoms with Crippen LogP contribution >= 0.6 is 0 Å². The van der Waals surface area contributed by atoms with Crippen molar-refractivity contribution in [3.8, 4) is 0 Å². The minimum atomic E-state index is 0.241. The average molecular weight is 298 g/mol. The van der Waals surface area contributed by atoms with E-state index in [2.05, 4.69) is 17.4 Å². The molecule has 4 heteroatoms. The predicted molar refractivity (Wildman–Crippen MR) is 86.6 cm³/mol. The van der Waals surface area contributed by atoms with E-state index in [0.29, 0.717) is 6.42 Å². The molecule has 1 aliphatic heterocycles. The minimum Gasteiger partial charge on any atom is -0.465 e. The van der Waals surface area contributed by atoms with Crippen molar-refractivity contribution in [1.29, 1.82) is 0 Å². The van der Waals surface area contributed by atoms with Gasteiger partial charge >= 0.3 is 0 Å². The molecule has 0 spiro atoms. The molecule has 1 aromatic carbocycles. The lowest BCUT2D eigenvalue weighted by atomic mass is 10.1. The van der Waals surface area contributed by atoms with Gasteiger partial charge in [-0.25, -0.2) is 0 Å². The lowest BCUT2D eigenvalue weighted by Gasteiger charge is -2.26. The zero-order chi connectivity index (χ0) is 15.4. The van der Waals surface area contributed by atoms with Gasteiger partial charge in [-0.05, 0) is 49.6 Å². The van der Waals surface area contributed by atoms with E-state index in [-0.39, 0.29) is 5.91 Å². The van der Waals surface area contributed by atoms with Crippen LogP contribution in [0.5, 0.6) is 0 Å². The fourth-order valence-corrected chi connectivity index (χ4v) is 2.78. The number of carbonyl (C=O) groups is 1. The SMILES string of the molecule is Cc1ccc(CNCc2ccc(N3CCCCC3=O)cc2)o1. The molecule has 0 saturated carbocycles. The number of furan rings is 1. The Labute approximate surface area is 131 Å². The Kier molecular flexibility index (Phi) is 4.59. The number of hydrogen-bond acceptors (Lipinski definition) is 3. The van der Waals surface area contributed by atoms with Crippen LogP contribution in [0.1, 0.15) is 36.3 Å². The molecule has 0 bridgehead atoms. The van der Waals surface area contributed by atoms with Crippen LogP contribution in [-0.4, -0.2) is 12.5 Å². The normalized spacial score (nSPS) is 15.3. The highest BCUT2D eigenvalue weighted by Crippen LogP contribution is 2.21. The number of hydrogen-bond donors (Lipinski definition) is 1. The second-order valence-corrected chi connectivity index (χ2v) is 5.78. The monoisotopic (exact) mass is 298 g/mol. The molecule has 1 aromatic heterocycles. The average Bonchev–Trinajstić information content (AvgIpc) is 2.94. The van der Waals surface area contributed by atoms with E-state index in [1.165, 1.54) is 5.56 Å². The maximum absolute atomic E-state index is 11.9. The third-order valence-corrected chi connectivity index (χ3v) is 4.00. The second kappa shape index (κ2) is 6.79. The van der Waals surface area contributed by atoms with Crippen molar-refractivity contribution in [1.82, 2.24) is 5.32 Å². The van der Waals surface area contributed by atoms with Crippen molar-refractivity contribution < 1.29 is 9.21 Å². The van der Waals surface area contributed by atoms with Crippen molar-refractivity contribution in [2.24, 2.45) is 0 Å². The van der Waals surface area contributed by atoms with E-state index in [0.717, 1.165) is 49.7 Å². The molecule has 4 nitrogen and oxygen atoms in total. The molecular formula is C18H22N2O2. The van der Waals surface area contributed by atoms with E-state index in [9.17, 15) is 4.79 Å². The van der Waals surface area contributed by atoms with Gasteiger partial charge in [-0.2, -0.15) is 0 Å². The molecule has 2 heterocycles. The fourth-order valence-electron chi connectivity index (χ4n) is 2.78. The van der Waals surface area contributed by atoms with Crippen molar-refractivity contribution in [3.63, 3.8) is 0 Å². The topological polar surface area (TPSA) is 45.5 Å². The van der Waals surface area contributed by atoms with Crippen LogP contribution in [0, 0.1) is 6.92 Å². The first kappa shape index (κ1) is 14.9. The van der Waals surface area contributed by atoms with Gasteiger partial charge < -0.3 is 14.6 Å². The van der Waals surface area contributed by atoms with Gasteiger partial charge in [0.15, 0.2) is 0 Å². The van der Waals surface area contributed by atoms with Crippen LogP contribution < -0.4 is 10.2 Å².